The third-order valence-electron chi connectivity index (χ3n) is 4.62. The SMILES string of the molecule is C[C@H]1CCC[C@@H](C)N(C(=O)NCCCCn2ccccc2=O)C1. The molecule has 0 bridgehead atoms. The molecule has 2 amide bonds. The molecule has 5 nitrogen and oxygen atoms in total. The van der Waals surface area contributed by atoms with Gasteiger partial charge in [-0.15, -0.1) is 0 Å². The van der Waals surface area contributed by atoms with Gasteiger partial charge in [0.1, 0.15) is 0 Å². The predicted octanol–water partition coefficient (Wildman–Crippen LogP) is 2.85. The molecule has 2 atom stereocenters. The number of rotatable bonds is 5. The molecule has 5 heteroatoms. The lowest BCUT2D eigenvalue weighted by Crippen LogP contribution is -2.46. The maximum absolute atomic E-state index is 12.4. The zero-order valence-electron chi connectivity index (χ0n) is 14.3. The monoisotopic (exact) mass is 319 g/mol. The normalized spacial score (nSPS) is 21.7. The second-order valence-electron chi connectivity index (χ2n) is 6.71. The molecule has 0 radical (unpaired) electrons. The van der Waals surface area contributed by atoms with Crippen molar-refractivity contribution in [3.05, 3.63) is 34.7 Å². The fourth-order valence-electron chi connectivity index (χ4n) is 3.16. The van der Waals surface area contributed by atoms with E-state index in [9.17, 15) is 9.59 Å². The number of nitrogens with zero attached hydrogens (tertiary/aromatic N) is 2. The van der Waals surface area contributed by atoms with E-state index in [4.69, 9.17) is 0 Å². The van der Waals surface area contributed by atoms with E-state index in [0.29, 0.717) is 25.0 Å². The van der Waals surface area contributed by atoms with Gasteiger partial charge in [-0.05, 0) is 44.6 Å². The van der Waals surface area contributed by atoms with Gasteiger partial charge in [-0.2, -0.15) is 0 Å². The van der Waals surface area contributed by atoms with Gasteiger partial charge in [-0.25, -0.2) is 4.79 Å². The topological polar surface area (TPSA) is 54.3 Å². The Balaban J connectivity index is 1.70. The number of amides is 2. The maximum Gasteiger partial charge on any atom is 0.317 e. The molecule has 1 aromatic rings. The molecule has 128 valence electrons. The summed E-state index contributed by atoms with van der Waals surface area (Å²) >= 11 is 0. The molecule has 0 aliphatic carbocycles. The van der Waals surface area contributed by atoms with Crippen molar-refractivity contribution in [3.8, 4) is 0 Å². The summed E-state index contributed by atoms with van der Waals surface area (Å²) in [7, 11) is 0. The number of hydrogen-bond donors (Lipinski definition) is 1. The summed E-state index contributed by atoms with van der Waals surface area (Å²) in [6.45, 7) is 6.58. The Bertz CT molecular complexity index is 555. The number of hydrogen-bond acceptors (Lipinski definition) is 2. The molecule has 1 aromatic heterocycles. The molecule has 1 N–H and O–H groups in total. The highest BCUT2D eigenvalue weighted by atomic mass is 16.2. The summed E-state index contributed by atoms with van der Waals surface area (Å²) in [6.07, 6.45) is 7.08. The standard InChI is InChI=1S/C18H29N3O2/c1-15-8-7-9-16(2)21(14-15)18(23)19-11-4-6-13-20-12-5-3-10-17(20)22/h3,5,10,12,15-16H,4,6-9,11,13-14H2,1-2H3,(H,19,23)/t15-,16+/m0/s1. The Morgan fingerprint density at radius 3 is 2.87 bits per heavy atom. The average molecular weight is 319 g/mol. The van der Waals surface area contributed by atoms with Gasteiger partial charge in [0.2, 0.25) is 5.56 Å². The van der Waals surface area contributed by atoms with E-state index < -0.39 is 0 Å². The van der Waals surface area contributed by atoms with Gasteiger partial charge in [0.05, 0.1) is 0 Å². The number of urea groups is 1. The Kier molecular flexibility index (Phi) is 6.68. The number of unbranched alkanes of at least 4 members (excludes halogenated alkanes) is 1. The molecule has 0 saturated carbocycles. The van der Waals surface area contributed by atoms with Gasteiger partial charge >= 0.3 is 6.03 Å². The molecule has 1 fully saturated rings. The molecule has 2 heterocycles. The fourth-order valence-corrected chi connectivity index (χ4v) is 3.16. The fraction of sp³-hybridized carbons (Fsp3) is 0.667. The molecule has 0 aromatic carbocycles. The molecular formula is C18H29N3O2. The van der Waals surface area contributed by atoms with Crippen molar-refractivity contribution in [2.24, 2.45) is 5.92 Å². The van der Waals surface area contributed by atoms with E-state index in [1.165, 1.54) is 12.8 Å². The first-order valence-electron chi connectivity index (χ1n) is 8.78. The van der Waals surface area contributed by atoms with Crippen LogP contribution < -0.4 is 10.9 Å². The minimum atomic E-state index is 0.0314. The van der Waals surface area contributed by atoms with Gasteiger partial charge in [-0.3, -0.25) is 4.79 Å². The number of carbonyl (C=O) groups is 1. The third kappa shape index (κ3) is 5.41. The van der Waals surface area contributed by atoms with Crippen LogP contribution in [0.2, 0.25) is 0 Å². The van der Waals surface area contributed by atoms with Crippen LogP contribution in [-0.2, 0) is 6.54 Å². The van der Waals surface area contributed by atoms with Crippen LogP contribution in [0.25, 0.3) is 0 Å². The zero-order valence-corrected chi connectivity index (χ0v) is 14.3. The second-order valence-corrected chi connectivity index (χ2v) is 6.71. The molecular weight excluding hydrogens is 290 g/mol. The Morgan fingerprint density at radius 1 is 1.26 bits per heavy atom. The van der Waals surface area contributed by atoms with Gasteiger partial charge in [-0.1, -0.05) is 19.4 Å². The van der Waals surface area contributed by atoms with E-state index in [0.717, 1.165) is 25.8 Å². The van der Waals surface area contributed by atoms with Gasteiger partial charge in [0.15, 0.2) is 0 Å². The van der Waals surface area contributed by atoms with Crippen molar-refractivity contribution < 1.29 is 4.79 Å². The van der Waals surface area contributed by atoms with Crippen LogP contribution in [-0.4, -0.2) is 34.6 Å². The second kappa shape index (κ2) is 8.75. The van der Waals surface area contributed by atoms with Crippen LogP contribution in [0.15, 0.2) is 29.2 Å². The summed E-state index contributed by atoms with van der Waals surface area (Å²) in [5.74, 6) is 0.579. The lowest BCUT2D eigenvalue weighted by Gasteiger charge is -2.28. The maximum atomic E-state index is 12.4. The van der Waals surface area contributed by atoms with Crippen molar-refractivity contribution in [2.75, 3.05) is 13.1 Å². The van der Waals surface area contributed by atoms with E-state index in [2.05, 4.69) is 19.2 Å². The van der Waals surface area contributed by atoms with Crippen molar-refractivity contribution in [2.45, 2.75) is 58.5 Å². The summed E-state index contributed by atoms with van der Waals surface area (Å²) in [4.78, 5) is 25.9. The molecule has 23 heavy (non-hydrogen) atoms. The zero-order chi connectivity index (χ0) is 16.7. The number of aromatic nitrogens is 1. The minimum Gasteiger partial charge on any atom is -0.338 e. The lowest BCUT2D eigenvalue weighted by atomic mass is 10.1. The predicted molar refractivity (Wildman–Crippen MR) is 92.5 cm³/mol. The van der Waals surface area contributed by atoms with E-state index in [1.807, 2.05) is 11.0 Å². The lowest BCUT2D eigenvalue weighted by molar-refractivity contribution is 0.173. The highest BCUT2D eigenvalue weighted by molar-refractivity contribution is 5.74. The van der Waals surface area contributed by atoms with Crippen LogP contribution in [0.3, 0.4) is 0 Å². The van der Waals surface area contributed by atoms with Crippen molar-refractivity contribution in [3.63, 3.8) is 0 Å². The van der Waals surface area contributed by atoms with Gasteiger partial charge in [0, 0.05) is 37.9 Å². The first-order valence-corrected chi connectivity index (χ1v) is 8.78. The summed E-state index contributed by atoms with van der Waals surface area (Å²) in [5.41, 5.74) is 0.0314. The van der Waals surface area contributed by atoms with Crippen molar-refractivity contribution in [1.82, 2.24) is 14.8 Å². The summed E-state index contributed by atoms with van der Waals surface area (Å²) < 4.78 is 1.71. The summed E-state index contributed by atoms with van der Waals surface area (Å²) in [6, 6.07) is 5.57. The number of aryl methyl sites for hydroxylation is 1. The van der Waals surface area contributed by atoms with Crippen LogP contribution >= 0.6 is 0 Å². The highest BCUT2D eigenvalue weighted by Gasteiger charge is 2.24. The number of likely N-dealkylation sites (tertiary alicyclic amines) is 1. The van der Waals surface area contributed by atoms with E-state index >= 15 is 0 Å². The minimum absolute atomic E-state index is 0.0314. The van der Waals surface area contributed by atoms with Crippen LogP contribution in [0.5, 0.6) is 0 Å². The smallest absolute Gasteiger partial charge is 0.317 e. The van der Waals surface area contributed by atoms with Gasteiger partial charge < -0.3 is 14.8 Å². The first-order chi connectivity index (χ1) is 11.1. The Labute approximate surface area is 138 Å². The number of pyridine rings is 1. The molecule has 0 unspecified atom stereocenters. The van der Waals surface area contributed by atoms with Crippen molar-refractivity contribution >= 4 is 6.03 Å². The van der Waals surface area contributed by atoms with E-state index in [-0.39, 0.29) is 11.6 Å². The Hall–Kier alpha value is -1.78. The first kappa shape index (κ1) is 17.6. The van der Waals surface area contributed by atoms with Crippen LogP contribution in [0.4, 0.5) is 4.79 Å². The summed E-state index contributed by atoms with van der Waals surface area (Å²) in [5, 5.41) is 3.03. The number of carbonyl (C=O) groups excluding carboxylic acids is 1. The quantitative estimate of drug-likeness (QED) is 0.849. The molecule has 1 aliphatic rings. The molecule has 0 spiro atoms. The molecule has 2 rings (SSSR count). The third-order valence-corrected chi connectivity index (χ3v) is 4.62. The highest BCUT2D eigenvalue weighted by Crippen LogP contribution is 2.20. The molecule has 1 saturated heterocycles. The van der Waals surface area contributed by atoms with E-state index in [1.54, 1.807) is 22.9 Å². The van der Waals surface area contributed by atoms with Gasteiger partial charge in [0.25, 0.3) is 0 Å². The Morgan fingerprint density at radius 2 is 2.09 bits per heavy atom. The van der Waals surface area contributed by atoms with Crippen molar-refractivity contribution in [1.29, 1.82) is 0 Å². The average Bonchev–Trinajstić information content (AvgIpc) is 2.69. The molecule has 1 aliphatic heterocycles. The van der Waals surface area contributed by atoms with Crippen LogP contribution in [0.1, 0.15) is 46.0 Å². The number of nitrogens with one attached hydrogen (secondary N) is 1. The largest absolute Gasteiger partial charge is 0.338 e. The van der Waals surface area contributed by atoms with Crippen LogP contribution in [0, 0.1) is 5.92 Å².